The average molecular weight is 271 g/mol. The minimum Gasteiger partial charge on any atom is -0.345 e. The molecule has 1 N–H and O–H groups in total. The number of halogens is 2. The lowest BCUT2D eigenvalue weighted by Crippen LogP contribution is -2.20. The van der Waals surface area contributed by atoms with Crippen molar-refractivity contribution in [1.82, 2.24) is 0 Å². The highest BCUT2D eigenvalue weighted by atomic mass is 32.1. The van der Waals surface area contributed by atoms with E-state index in [0.29, 0.717) is 0 Å². The number of benzene rings is 1. The lowest BCUT2D eigenvalue weighted by molar-refractivity contribution is 0.228. The summed E-state index contributed by atoms with van der Waals surface area (Å²) in [6.45, 7) is 8.15. The van der Waals surface area contributed by atoms with Crippen molar-refractivity contribution in [2.75, 3.05) is 5.32 Å². The van der Waals surface area contributed by atoms with Crippen LogP contribution in [0.15, 0.2) is 18.2 Å². The molecule has 0 aliphatic rings. The largest absolute Gasteiger partial charge is 0.345 e. The Morgan fingerprint density at radius 3 is 1.83 bits per heavy atom. The van der Waals surface area contributed by atoms with Gasteiger partial charge in [0.15, 0.2) is 0 Å². The van der Waals surface area contributed by atoms with Crippen molar-refractivity contribution >= 4 is 22.9 Å². The zero-order valence-corrected chi connectivity index (χ0v) is 11.9. The van der Waals surface area contributed by atoms with Gasteiger partial charge in [-0.05, 0) is 23.0 Å². The molecule has 18 heavy (non-hydrogen) atoms. The highest BCUT2D eigenvalue weighted by Crippen LogP contribution is 2.32. The molecule has 0 aromatic heterocycles. The minimum absolute atomic E-state index is 0.256. The molecule has 0 aliphatic heterocycles. The van der Waals surface area contributed by atoms with Gasteiger partial charge in [0.1, 0.15) is 4.99 Å². The minimum atomic E-state index is -2.62. The Hall–Kier alpha value is -1.03. The number of thiocarbonyl (C=S) groups is 1. The molecule has 0 aliphatic carbocycles. The van der Waals surface area contributed by atoms with Gasteiger partial charge in [0.25, 0.3) is 6.43 Å². The van der Waals surface area contributed by atoms with Crippen LogP contribution in [0.1, 0.15) is 50.7 Å². The molecule has 0 unspecified atom stereocenters. The molecule has 0 amide bonds. The first-order chi connectivity index (χ1) is 8.34. The fourth-order valence-electron chi connectivity index (χ4n) is 1.87. The molecule has 0 saturated carbocycles. The molecule has 1 aromatic carbocycles. The number of hydrogen-bond acceptors (Lipinski definition) is 1. The number of para-hydroxylation sites is 1. The van der Waals surface area contributed by atoms with Gasteiger partial charge in [0.05, 0.1) is 0 Å². The summed E-state index contributed by atoms with van der Waals surface area (Å²) in [6, 6.07) is 5.86. The van der Waals surface area contributed by atoms with E-state index in [2.05, 4.69) is 5.32 Å². The molecule has 4 heteroatoms. The maximum atomic E-state index is 12.6. The second-order valence-corrected chi connectivity index (χ2v) is 5.35. The van der Waals surface area contributed by atoms with E-state index < -0.39 is 11.4 Å². The summed E-state index contributed by atoms with van der Waals surface area (Å²) in [7, 11) is 0. The molecular formula is C14H19F2NS. The summed E-state index contributed by atoms with van der Waals surface area (Å²) in [5.74, 6) is 0.512. The van der Waals surface area contributed by atoms with E-state index in [1.807, 2.05) is 45.9 Å². The van der Waals surface area contributed by atoms with Gasteiger partial charge in [-0.15, -0.1) is 0 Å². The van der Waals surface area contributed by atoms with E-state index in [1.54, 1.807) is 0 Å². The van der Waals surface area contributed by atoms with E-state index in [0.717, 1.165) is 16.8 Å². The van der Waals surface area contributed by atoms with E-state index in [9.17, 15) is 8.78 Å². The summed E-state index contributed by atoms with van der Waals surface area (Å²) in [6.07, 6.45) is -2.62. The Labute approximate surface area is 113 Å². The average Bonchev–Trinajstić information content (AvgIpc) is 2.28. The lowest BCUT2D eigenvalue weighted by atomic mass is 9.92. The van der Waals surface area contributed by atoms with E-state index in [4.69, 9.17) is 12.2 Å². The summed E-state index contributed by atoms with van der Waals surface area (Å²) in [4.78, 5) is -0.412. The first-order valence-electron chi connectivity index (χ1n) is 6.06. The lowest BCUT2D eigenvalue weighted by Gasteiger charge is -2.21. The fourth-order valence-corrected chi connectivity index (χ4v) is 1.98. The fraction of sp³-hybridized carbons (Fsp3) is 0.500. The molecule has 0 heterocycles. The van der Waals surface area contributed by atoms with Crippen molar-refractivity contribution in [3.8, 4) is 0 Å². The Balaban J connectivity index is 3.23. The number of alkyl halides is 2. The van der Waals surface area contributed by atoms with Gasteiger partial charge in [-0.2, -0.15) is 0 Å². The van der Waals surface area contributed by atoms with Gasteiger partial charge in [-0.3, -0.25) is 0 Å². The van der Waals surface area contributed by atoms with Gasteiger partial charge in [0, 0.05) is 5.69 Å². The number of nitrogens with one attached hydrogen (secondary N) is 1. The van der Waals surface area contributed by atoms with Crippen molar-refractivity contribution in [3.63, 3.8) is 0 Å². The summed E-state index contributed by atoms with van der Waals surface area (Å²) in [5.41, 5.74) is 2.78. The third kappa shape index (κ3) is 3.48. The van der Waals surface area contributed by atoms with Crippen LogP contribution >= 0.6 is 12.2 Å². The second-order valence-electron chi connectivity index (χ2n) is 4.91. The Kier molecular flexibility index (Phi) is 5.20. The van der Waals surface area contributed by atoms with Gasteiger partial charge in [-0.1, -0.05) is 58.1 Å². The van der Waals surface area contributed by atoms with E-state index in [1.165, 1.54) is 0 Å². The first-order valence-corrected chi connectivity index (χ1v) is 6.47. The molecule has 0 bridgehead atoms. The van der Waals surface area contributed by atoms with Crippen LogP contribution in [-0.2, 0) is 0 Å². The Morgan fingerprint density at radius 2 is 1.50 bits per heavy atom. The molecule has 0 saturated heterocycles. The van der Waals surface area contributed by atoms with Crippen molar-refractivity contribution in [3.05, 3.63) is 29.3 Å². The smallest absolute Gasteiger partial charge is 0.288 e. The van der Waals surface area contributed by atoms with Crippen LogP contribution in [0.25, 0.3) is 0 Å². The first kappa shape index (κ1) is 15.0. The molecule has 1 rings (SSSR count). The van der Waals surface area contributed by atoms with Crippen LogP contribution in [0.2, 0.25) is 0 Å². The van der Waals surface area contributed by atoms with Crippen LogP contribution in [0.5, 0.6) is 0 Å². The predicted molar refractivity (Wildman–Crippen MR) is 76.8 cm³/mol. The van der Waals surface area contributed by atoms with Gasteiger partial charge >= 0.3 is 0 Å². The van der Waals surface area contributed by atoms with Crippen molar-refractivity contribution in [2.45, 2.75) is 46.0 Å². The summed E-state index contributed by atoms with van der Waals surface area (Å²) >= 11 is 4.69. The third-order valence-corrected chi connectivity index (χ3v) is 3.10. The van der Waals surface area contributed by atoms with Crippen molar-refractivity contribution in [1.29, 1.82) is 0 Å². The molecule has 1 nitrogen and oxygen atoms in total. The maximum Gasteiger partial charge on any atom is 0.288 e. The third-order valence-electron chi connectivity index (χ3n) is 2.82. The van der Waals surface area contributed by atoms with Crippen LogP contribution < -0.4 is 5.32 Å². The highest BCUT2D eigenvalue weighted by molar-refractivity contribution is 7.80. The molecule has 0 atom stereocenters. The Bertz CT molecular complexity index is 402. The Morgan fingerprint density at radius 1 is 1.06 bits per heavy atom. The van der Waals surface area contributed by atoms with Gasteiger partial charge in [0.2, 0.25) is 0 Å². The standard InChI is InChI=1S/C14H19F2NS/c1-8(2)10-6-5-7-11(9(3)4)12(10)17-14(18)13(15)16/h5-9,13H,1-4H3,(H,17,18). The number of anilines is 1. The van der Waals surface area contributed by atoms with Gasteiger partial charge < -0.3 is 5.32 Å². The second kappa shape index (κ2) is 6.23. The zero-order chi connectivity index (χ0) is 13.9. The normalized spacial score (nSPS) is 11.4. The predicted octanol–water partition coefficient (Wildman–Crippen LogP) is 4.94. The van der Waals surface area contributed by atoms with Crippen LogP contribution in [0, 0.1) is 0 Å². The van der Waals surface area contributed by atoms with Crippen molar-refractivity contribution < 1.29 is 8.78 Å². The zero-order valence-electron chi connectivity index (χ0n) is 11.1. The molecular weight excluding hydrogens is 252 g/mol. The molecule has 0 radical (unpaired) electrons. The van der Waals surface area contributed by atoms with Crippen molar-refractivity contribution in [2.24, 2.45) is 0 Å². The molecule has 100 valence electrons. The summed E-state index contributed by atoms with van der Waals surface area (Å²) in [5, 5.41) is 2.72. The molecule has 1 aromatic rings. The molecule has 0 fully saturated rings. The van der Waals surface area contributed by atoms with E-state index in [-0.39, 0.29) is 11.8 Å². The molecule has 0 spiro atoms. The monoisotopic (exact) mass is 271 g/mol. The van der Waals surface area contributed by atoms with Crippen LogP contribution in [-0.4, -0.2) is 11.4 Å². The summed E-state index contributed by atoms with van der Waals surface area (Å²) < 4.78 is 25.2. The van der Waals surface area contributed by atoms with Crippen LogP contribution in [0.3, 0.4) is 0 Å². The number of rotatable bonds is 4. The highest BCUT2D eigenvalue weighted by Gasteiger charge is 2.17. The maximum absolute atomic E-state index is 12.6. The van der Waals surface area contributed by atoms with Crippen LogP contribution in [0.4, 0.5) is 14.5 Å². The number of hydrogen-bond donors (Lipinski definition) is 1. The SMILES string of the molecule is CC(C)c1cccc(C(C)C)c1NC(=S)C(F)F. The van der Waals surface area contributed by atoms with E-state index >= 15 is 0 Å². The van der Waals surface area contributed by atoms with Gasteiger partial charge in [-0.25, -0.2) is 8.78 Å². The topological polar surface area (TPSA) is 12.0 Å². The quantitative estimate of drug-likeness (QED) is 0.779.